The molecule has 1 atom stereocenters. The van der Waals surface area contributed by atoms with Crippen molar-refractivity contribution in [1.82, 2.24) is 25.2 Å². The summed E-state index contributed by atoms with van der Waals surface area (Å²) in [6, 6.07) is 16.5. The number of aromatic nitrogens is 3. The Bertz CT molecular complexity index is 1000. The van der Waals surface area contributed by atoms with Gasteiger partial charge in [-0.15, -0.1) is 5.10 Å². The maximum atomic E-state index is 13.0. The number of hydrogen-bond acceptors (Lipinski definition) is 5. The summed E-state index contributed by atoms with van der Waals surface area (Å²) < 4.78 is 7.49. The topological polar surface area (TPSA) is 72.3 Å². The van der Waals surface area contributed by atoms with Gasteiger partial charge in [0.15, 0.2) is 0 Å². The highest BCUT2D eigenvalue weighted by Gasteiger charge is 2.33. The number of aryl methyl sites for hydroxylation is 1. The molecule has 0 radical (unpaired) electrons. The van der Waals surface area contributed by atoms with Crippen LogP contribution in [0.25, 0.3) is 11.1 Å². The molecule has 5 rings (SSSR count). The van der Waals surface area contributed by atoms with E-state index in [4.69, 9.17) is 4.74 Å². The second-order valence-electron chi connectivity index (χ2n) is 7.53. The molecule has 0 saturated carbocycles. The molecule has 0 spiro atoms. The van der Waals surface area contributed by atoms with Gasteiger partial charge in [0.25, 0.3) is 0 Å². The standard InChI is InChI=1S/C22H23N5O2/c1-26-13-20(24-25-26)21-12-23-10-11-27(21)22(28)29-14-19-17-8-4-2-6-15(17)16-7-3-5-9-18(16)19/h2-9,13,19,21,23H,10-12,14H2,1H3. The van der Waals surface area contributed by atoms with Crippen molar-refractivity contribution in [3.05, 3.63) is 71.5 Å². The monoisotopic (exact) mass is 389 g/mol. The number of benzene rings is 2. The van der Waals surface area contributed by atoms with Gasteiger partial charge in [-0.3, -0.25) is 9.58 Å². The van der Waals surface area contributed by atoms with Crippen molar-refractivity contribution in [2.75, 3.05) is 26.2 Å². The van der Waals surface area contributed by atoms with E-state index in [-0.39, 0.29) is 18.1 Å². The van der Waals surface area contributed by atoms with Crippen LogP contribution in [0.3, 0.4) is 0 Å². The van der Waals surface area contributed by atoms with Crippen LogP contribution in [0.1, 0.15) is 28.8 Å². The molecule has 1 aliphatic heterocycles. The fourth-order valence-electron chi connectivity index (χ4n) is 4.38. The third-order valence-electron chi connectivity index (χ3n) is 5.78. The molecule has 148 valence electrons. The summed E-state index contributed by atoms with van der Waals surface area (Å²) in [6.07, 6.45) is 1.55. The molecule has 1 unspecified atom stereocenters. The van der Waals surface area contributed by atoms with Gasteiger partial charge in [0, 0.05) is 32.6 Å². The average Bonchev–Trinajstić information content (AvgIpc) is 3.33. The number of fused-ring (bicyclic) bond motifs is 3. The summed E-state index contributed by atoms with van der Waals surface area (Å²) in [5.41, 5.74) is 5.65. The predicted octanol–water partition coefficient (Wildman–Crippen LogP) is 2.71. The maximum Gasteiger partial charge on any atom is 0.410 e. The maximum absolute atomic E-state index is 13.0. The van der Waals surface area contributed by atoms with Crippen molar-refractivity contribution in [1.29, 1.82) is 0 Å². The fraction of sp³-hybridized carbons (Fsp3) is 0.318. The molecule has 2 heterocycles. The highest BCUT2D eigenvalue weighted by atomic mass is 16.6. The zero-order valence-corrected chi connectivity index (χ0v) is 16.3. The molecule has 1 N–H and O–H groups in total. The van der Waals surface area contributed by atoms with E-state index < -0.39 is 0 Å². The van der Waals surface area contributed by atoms with Gasteiger partial charge >= 0.3 is 6.09 Å². The number of carbonyl (C=O) groups excluding carboxylic acids is 1. The summed E-state index contributed by atoms with van der Waals surface area (Å²) >= 11 is 0. The molecule has 1 aliphatic carbocycles. The highest BCUT2D eigenvalue weighted by Crippen LogP contribution is 2.44. The van der Waals surface area contributed by atoms with Gasteiger partial charge in [0.05, 0.1) is 12.2 Å². The molecule has 1 fully saturated rings. The minimum atomic E-state index is -0.302. The Morgan fingerprint density at radius 1 is 1.14 bits per heavy atom. The average molecular weight is 389 g/mol. The first-order chi connectivity index (χ1) is 14.2. The van der Waals surface area contributed by atoms with E-state index in [1.54, 1.807) is 9.58 Å². The van der Waals surface area contributed by atoms with Crippen LogP contribution in [0.15, 0.2) is 54.7 Å². The van der Waals surface area contributed by atoms with Gasteiger partial charge in [0.2, 0.25) is 0 Å². The lowest BCUT2D eigenvalue weighted by Crippen LogP contribution is -2.49. The second-order valence-corrected chi connectivity index (χ2v) is 7.53. The van der Waals surface area contributed by atoms with Gasteiger partial charge in [-0.1, -0.05) is 53.7 Å². The molecular weight excluding hydrogens is 366 g/mol. The molecule has 3 aromatic rings. The number of piperazine rings is 1. The molecule has 1 amide bonds. The Labute approximate surface area is 169 Å². The lowest BCUT2D eigenvalue weighted by Gasteiger charge is -2.34. The summed E-state index contributed by atoms with van der Waals surface area (Å²) in [6.45, 7) is 2.28. The first kappa shape index (κ1) is 17.9. The van der Waals surface area contributed by atoms with E-state index in [1.807, 2.05) is 25.4 Å². The van der Waals surface area contributed by atoms with Crippen LogP contribution in [0.2, 0.25) is 0 Å². The van der Waals surface area contributed by atoms with Crippen molar-refractivity contribution >= 4 is 6.09 Å². The van der Waals surface area contributed by atoms with Crippen molar-refractivity contribution in [3.8, 4) is 11.1 Å². The van der Waals surface area contributed by atoms with E-state index >= 15 is 0 Å². The summed E-state index contributed by atoms with van der Waals surface area (Å²) in [5.74, 6) is 0.0595. The Kier molecular flexibility index (Phi) is 4.52. The molecule has 7 nitrogen and oxygen atoms in total. The van der Waals surface area contributed by atoms with Gasteiger partial charge in [-0.25, -0.2) is 4.79 Å². The van der Waals surface area contributed by atoms with Crippen molar-refractivity contribution in [2.45, 2.75) is 12.0 Å². The van der Waals surface area contributed by atoms with Crippen LogP contribution in [-0.4, -0.2) is 52.2 Å². The largest absolute Gasteiger partial charge is 0.448 e. The number of ether oxygens (including phenoxy) is 1. The van der Waals surface area contributed by atoms with Gasteiger partial charge in [-0.2, -0.15) is 0 Å². The second kappa shape index (κ2) is 7.33. The Morgan fingerprint density at radius 2 is 1.83 bits per heavy atom. The number of hydrogen-bond donors (Lipinski definition) is 1. The SMILES string of the molecule is Cn1cc(C2CNCCN2C(=O)OCC2c3ccccc3-c3ccccc32)nn1. The molecule has 1 saturated heterocycles. The number of nitrogens with zero attached hydrogens (tertiary/aromatic N) is 4. The normalized spacial score (nSPS) is 18.4. The van der Waals surface area contributed by atoms with Crippen LogP contribution in [-0.2, 0) is 11.8 Å². The Balaban J connectivity index is 1.35. The number of rotatable bonds is 3. The molecule has 0 bridgehead atoms. The van der Waals surface area contributed by atoms with Crippen molar-refractivity contribution in [2.24, 2.45) is 7.05 Å². The summed E-state index contributed by atoms with van der Waals surface area (Å²) in [5, 5.41) is 11.5. The lowest BCUT2D eigenvalue weighted by molar-refractivity contribution is 0.0743. The molecule has 7 heteroatoms. The predicted molar refractivity (Wildman–Crippen MR) is 108 cm³/mol. The van der Waals surface area contributed by atoms with E-state index in [1.165, 1.54) is 22.3 Å². The zero-order valence-electron chi connectivity index (χ0n) is 16.3. The third kappa shape index (κ3) is 3.17. The van der Waals surface area contributed by atoms with Gasteiger partial charge in [-0.05, 0) is 22.3 Å². The molecule has 2 aliphatic rings. The smallest absolute Gasteiger partial charge is 0.410 e. The lowest BCUT2D eigenvalue weighted by atomic mass is 9.98. The number of nitrogens with one attached hydrogen (secondary N) is 1. The highest BCUT2D eigenvalue weighted by molar-refractivity contribution is 5.79. The first-order valence-corrected chi connectivity index (χ1v) is 9.91. The molecular formula is C22H23N5O2. The fourth-order valence-corrected chi connectivity index (χ4v) is 4.38. The van der Waals surface area contributed by atoms with E-state index in [0.29, 0.717) is 19.7 Å². The third-order valence-corrected chi connectivity index (χ3v) is 5.78. The Morgan fingerprint density at radius 3 is 2.48 bits per heavy atom. The molecule has 29 heavy (non-hydrogen) atoms. The molecule has 2 aromatic carbocycles. The van der Waals surface area contributed by atoms with Crippen LogP contribution in [0.4, 0.5) is 4.79 Å². The van der Waals surface area contributed by atoms with E-state index in [9.17, 15) is 4.79 Å². The van der Waals surface area contributed by atoms with Gasteiger partial charge < -0.3 is 10.1 Å². The minimum absolute atomic E-state index is 0.0595. The van der Waals surface area contributed by atoms with Crippen LogP contribution in [0.5, 0.6) is 0 Å². The number of carbonyl (C=O) groups is 1. The quantitative estimate of drug-likeness (QED) is 0.746. The number of amides is 1. The van der Waals surface area contributed by atoms with Gasteiger partial charge in [0.1, 0.15) is 12.3 Å². The Hall–Kier alpha value is -3.19. The van der Waals surface area contributed by atoms with Crippen LogP contribution >= 0.6 is 0 Å². The van der Waals surface area contributed by atoms with E-state index in [2.05, 4.69) is 52.0 Å². The summed E-state index contributed by atoms with van der Waals surface area (Å²) in [7, 11) is 1.82. The van der Waals surface area contributed by atoms with Crippen molar-refractivity contribution in [3.63, 3.8) is 0 Å². The first-order valence-electron chi connectivity index (χ1n) is 9.91. The van der Waals surface area contributed by atoms with Crippen molar-refractivity contribution < 1.29 is 9.53 Å². The van der Waals surface area contributed by atoms with Crippen LogP contribution in [0, 0.1) is 0 Å². The summed E-state index contributed by atoms with van der Waals surface area (Å²) in [4.78, 5) is 14.7. The van der Waals surface area contributed by atoms with E-state index in [0.717, 1.165) is 12.2 Å². The molecule has 1 aromatic heterocycles. The van der Waals surface area contributed by atoms with Crippen LogP contribution < -0.4 is 5.32 Å². The minimum Gasteiger partial charge on any atom is -0.448 e. The zero-order chi connectivity index (χ0) is 19.8.